The summed E-state index contributed by atoms with van der Waals surface area (Å²) in [6, 6.07) is 5.59. The van der Waals surface area contributed by atoms with Gasteiger partial charge in [0.1, 0.15) is 29.0 Å². The van der Waals surface area contributed by atoms with E-state index in [1.165, 1.54) is 59.4 Å². The number of amides is 1. The van der Waals surface area contributed by atoms with Crippen molar-refractivity contribution in [3.05, 3.63) is 89.2 Å². The van der Waals surface area contributed by atoms with E-state index in [1.807, 2.05) is 18.2 Å². The third kappa shape index (κ3) is 10.2. The molecule has 1 amide bonds. The lowest BCUT2D eigenvalue weighted by atomic mass is 9.78. The van der Waals surface area contributed by atoms with Crippen molar-refractivity contribution in [3.8, 4) is 34.3 Å². The molecule has 0 radical (unpaired) electrons. The number of ketones is 1. The van der Waals surface area contributed by atoms with Gasteiger partial charge in [-0.15, -0.1) is 0 Å². The monoisotopic (exact) mass is 966 g/mol. The first kappa shape index (κ1) is 51.1. The second-order valence-electron chi connectivity index (χ2n) is 18.5. The molecule has 6 N–H and O–H groups in total. The molecule has 4 aliphatic rings. The topological polar surface area (TPSA) is 259 Å². The number of esters is 1. The molecule has 9 atom stereocenters. The molecule has 0 unspecified atom stereocenters. The molecular weight excluding hydrogens is 905 g/mol. The second kappa shape index (κ2) is 21.1. The van der Waals surface area contributed by atoms with E-state index in [1.54, 1.807) is 57.2 Å². The van der Waals surface area contributed by atoms with Gasteiger partial charge < -0.3 is 54.3 Å². The molecule has 0 spiro atoms. The smallest absolute Gasteiger partial charge is 0.312 e. The number of aliphatic hydroxyl groups is 2. The lowest BCUT2D eigenvalue weighted by Crippen LogP contribution is -2.46. The molecule has 19 heteroatoms. The van der Waals surface area contributed by atoms with Crippen molar-refractivity contribution in [3.63, 3.8) is 0 Å². The zero-order valence-corrected chi connectivity index (χ0v) is 40.7. The van der Waals surface area contributed by atoms with E-state index in [-0.39, 0.29) is 44.5 Å². The summed E-state index contributed by atoms with van der Waals surface area (Å²) in [7, 11) is 1.43. The summed E-state index contributed by atoms with van der Waals surface area (Å²) in [5.74, 6) is -7.94. The number of fused-ring (bicyclic) bond motifs is 14. The minimum Gasteiger partial charge on any atom is -0.507 e. The number of pyridine rings is 1. The number of phenols is 3. The first-order valence-electron chi connectivity index (χ1n) is 23.2. The third-order valence-electron chi connectivity index (χ3n) is 13.6. The van der Waals surface area contributed by atoms with Crippen LogP contribution in [0.4, 0.5) is 5.69 Å². The highest BCUT2D eigenvalue weighted by atomic mass is 16.7. The first-order valence-corrected chi connectivity index (χ1v) is 23.2. The number of hydrogen-bond donors (Lipinski definition) is 6. The number of phenolic OH excluding ortho intramolecular Hbond substituents is 3. The van der Waals surface area contributed by atoms with Crippen LogP contribution in [0.3, 0.4) is 0 Å². The number of nitrogens with one attached hydrogen (secondary N) is 1. The molecule has 70 heavy (non-hydrogen) atoms. The van der Waals surface area contributed by atoms with Crippen molar-refractivity contribution >= 4 is 40.3 Å². The Labute approximate surface area is 405 Å². The molecule has 0 saturated carbocycles. The molecule has 4 aromatic rings. The standard InChI is InChI=1S/C51H62N6O13/c1-26-12-10-13-27(2)50(65)54-41-35(24-53-57-19-17-56(18-20-57)25-34-22-36(55-70-34)33-14-11-16-52-23-33)45(62)38-39(46(41)63)44(61)31(6)48-40(38)49(64)51(8,69-48)67-21-15-37(66-9)28(3)47(68-32(7)58)30(5)43(60)29(4)42(26)59/h10-16,21-24,26,28-30,37,42-43,47,59-63H,17-20,25H2,1-9H3,(H,54,65)/b12-10+,21-15+,27-13-,53-24+/t26-,28+,29+,30+,37-,42-,43+,47+,51-/m0/s1. The fourth-order valence-electron chi connectivity index (χ4n) is 9.28. The highest BCUT2D eigenvalue weighted by Gasteiger charge is 2.50. The number of benzene rings is 2. The predicted molar refractivity (Wildman–Crippen MR) is 258 cm³/mol. The quantitative estimate of drug-likeness (QED) is 0.0541. The van der Waals surface area contributed by atoms with Gasteiger partial charge in [-0.3, -0.25) is 29.3 Å². The van der Waals surface area contributed by atoms with Crippen LogP contribution in [0.25, 0.3) is 22.0 Å². The van der Waals surface area contributed by atoms with Gasteiger partial charge in [-0.2, -0.15) is 5.10 Å². The van der Waals surface area contributed by atoms with Crippen molar-refractivity contribution in [2.45, 2.75) is 92.1 Å². The minimum atomic E-state index is -2.08. The number of ether oxygens (including phenoxy) is 4. The van der Waals surface area contributed by atoms with E-state index in [2.05, 4.69) is 25.5 Å². The summed E-state index contributed by atoms with van der Waals surface area (Å²) >= 11 is 0. The Morgan fingerprint density at radius 1 is 0.986 bits per heavy atom. The number of anilines is 1. The van der Waals surface area contributed by atoms with Gasteiger partial charge in [0.2, 0.25) is 0 Å². The van der Waals surface area contributed by atoms with Gasteiger partial charge in [-0.1, -0.05) is 51.1 Å². The molecule has 4 aliphatic heterocycles. The minimum absolute atomic E-state index is 0.0366. The summed E-state index contributed by atoms with van der Waals surface area (Å²) in [5, 5.41) is 71.8. The second-order valence-corrected chi connectivity index (χ2v) is 18.5. The number of nitrogens with zero attached hydrogens (tertiary/aromatic N) is 5. The van der Waals surface area contributed by atoms with Crippen LogP contribution >= 0.6 is 0 Å². The molecule has 8 rings (SSSR count). The fourth-order valence-corrected chi connectivity index (χ4v) is 9.28. The zero-order valence-electron chi connectivity index (χ0n) is 40.7. The summed E-state index contributed by atoms with van der Waals surface area (Å²) in [6.45, 7) is 15.0. The molecular formula is C51H62N6O13. The predicted octanol–water partition coefficient (Wildman–Crippen LogP) is 5.96. The van der Waals surface area contributed by atoms with E-state index < -0.39 is 88.8 Å². The van der Waals surface area contributed by atoms with Gasteiger partial charge >= 0.3 is 11.8 Å². The first-order chi connectivity index (χ1) is 33.3. The number of Topliss-reactive ketones (excluding diaryl/α,β-unsaturated/α-hetero) is 1. The highest BCUT2D eigenvalue weighted by Crippen LogP contribution is 2.55. The largest absolute Gasteiger partial charge is 0.507 e. The van der Waals surface area contributed by atoms with Crippen LogP contribution < -0.4 is 10.1 Å². The molecule has 1 fully saturated rings. The van der Waals surface area contributed by atoms with Crippen molar-refractivity contribution < 1.29 is 63.4 Å². The van der Waals surface area contributed by atoms with Gasteiger partial charge in [0.05, 0.1) is 59.5 Å². The van der Waals surface area contributed by atoms with Crippen LogP contribution in [0.1, 0.15) is 75.7 Å². The molecule has 1 saturated heterocycles. The molecule has 6 heterocycles. The number of piperazine rings is 1. The number of allylic oxidation sites excluding steroid dienone is 2. The normalized spacial score (nSPS) is 28.8. The Morgan fingerprint density at radius 3 is 2.39 bits per heavy atom. The lowest BCUT2D eigenvalue weighted by molar-refractivity contribution is -0.160. The van der Waals surface area contributed by atoms with Crippen LogP contribution in [0, 0.1) is 30.6 Å². The Hall–Kier alpha value is -6.80. The van der Waals surface area contributed by atoms with Crippen molar-refractivity contribution in [2.24, 2.45) is 28.8 Å². The van der Waals surface area contributed by atoms with Crippen LogP contribution in [0.5, 0.6) is 23.0 Å². The molecule has 5 bridgehead atoms. The lowest BCUT2D eigenvalue weighted by Gasteiger charge is -2.38. The van der Waals surface area contributed by atoms with Crippen LogP contribution in [-0.4, -0.2) is 133 Å². The molecule has 0 aliphatic carbocycles. The Morgan fingerprint density at radius 2 is 1.71 bits per heavy atom. The number of carbonyl (C=O) groups excluding carboxylic acids is 3. The number of carbonyl (C=O) groups is 3. The number of methoxy groups -OCH3 is 1. The molecule has 2 aromatic heterocycles. The maximum Gasteiger partial charge on any atom is 0.312 e. The number of hydrazone groups is 1. The maximum atomic E-state index is 14.6. The third-order valence-corrected chi connectivity index (χ3v) is 13.6. The molecule has 374 valence electrons. The van der Waals surface area contributed by atoms with Crippen molar-refractivity contribution in [2.75, 3.05) is 38.6 Å². The van der Waals surface area contributed by atoms with E-state index >= 15 is 0 Å². The van der Waals surface area contributed by atoms with Gasteiger partial charge in [0.25, 0.3) is 11.7 Å². The summed E-state index contributed by atoms with van der Waals surface area (Å²) in [6.07, 6.45) is 8.14. The molecule has 2 aromatic carbocycles. The SMILES string of the molecule is CO[C@H]1/C=C/O[C@@]2(C)Oc3c(C)c(O)c4c(O)c(c(/C=N/N5CCN(Cc6cc(-c7cccnc7)no6)CC5)c(O)c4c3C2=O)NC(=O)/C(C)=C\C=C\[C@H](C)[C@H](O)[C@@H](C)[C@@H](O)[C@@H](C)[C@H](OC(C)=O)[C@@H]1C. The van der Waals surface area contributed by atoms with Gasteiger partial charge in [-0.25, -0.2) is 0 Å². The summed E-state index contributed by atoms with van der Waals surface area (Å²) < 4.78 is 29.4. The number of rotatable bonds is 7. The van der Waals surface area contributed by atoms with Crippen LogP contribution in [-0.2, 0) is 30.3 Å². The summed E-state index contributed by atoms with van der Waals surface area (Å²) in [5.41, 5.74) is 1.02. The van der Waals surface area contributed by atoms with Crippen molar-refractivity contribution in [1.29, 1.82) is 0 Å². The number of hydrogen-bond acceptors (Lipinski definition) is 18. The Kier molecular flexibility index (Phi) is 15.4. The van der Waals surface area contributed by atoms with E-state index in [0.29, 0.717) is 44.2 Å². The molecule has 19 nitrogen and oxygen atoms in total. The van der Waals surface area contributed by atoms with Gasteiger partial charge in [0.15, 0.2) is 11.5 Å². The average Bonchev–Trinajstić information content (AvgIpc) is 3.92. The van der Waals surface area contributed by atoms with Gasteiger partial charge in [-0.05, 0) is 32.1 Å². The number of aromatic hydroxyl groups is 3. The Bertz CT molecular complexity index is 2730. The number of aromatic nitrogens is 2. The number of aliphatic hydroxyl groups excluding tert-OH is 2. The van der Waals surface area contributed by atoms with Gasteiger partial charge in [0, 0.05) is 111 Å². The highest BCUT2D eigenvalue weighted by molar-refractivity contribution is 6.23. The fraction of sp³-hybridized carbons (Fsp3) is 0.451. The maximum absolute atomic E-state index is 14.6. The van der Waals surface area contributed by atoms with Crippen LogP contribution in [0.2, 0.25) is 0 Å². The van der Waals surface area contributed by atoms with Crippen LogP contribution in [0.15, 0.2) is 76.4 Å². The van der Waals surface area contributed by atoms with Crippen molar-refractivity contribution in [1.82, 2.24) is 20.0 Å². The zero-order chi connectivity index (χ0) is 50.8. The van der Waals surface area contributed by atoms with E-state index in [0.717, 1.165) is 5.56 Å². The Balaban J connectivity index is 1.27. The van der Waals surface area contributed by atoms with E-state index in [4.69, 9.17) is 23.5 Å². The van der Waals surface area contributed by atoms with E-state index in [9.17, 15) is 39.9 Å². The summed E-state index contributed by atoms with van der Waals surface area (Å²) in [4.78, 5) is 47.3. The average molecular weight is 967 g/mol.